The molecule has 0 radical (unpaired) electrons. The second-order valence-electron chi connectivity index (χ2n) is 3.76. The first-order valence-electron chi connectivity index (χ1n) is 5.26. The van der Waals surface area contributed by atoms with Gasteiger partial charge in [-0.15, -0.1) is 0 Å². The van der Waals surface area contributed by atoms with Crippen molar-refractivity contribution in [3.8, 4) is 6.07 Å². The van der Waals surface area contributed by atoms with Crippen LogP contribution in [0.1, 0.15) is 5.56 Å². The van der Waals surface area contributed by atoms with Crippen molar-refractivity contribution in [2.75, 3.05) is 5.73 Å². The summed E-state index contributed by atoms with van der Waals surface area (Å²) in [5, 5.41) is 19.3. The highest BCUT2D eigenvalue weighted by atomic mass is 16.4. The largest absolute Gasteiger partial charge is 0.477 e. The van der Waals surface area contributed by atoms with Crippen LogP contribution >= 0.6 is 0 Å². The van der Waals surface area contributed by atoms with Crippen molar-refractivity contribution in [1.82, 2.24) is 0 Å². The van der Waals surface area contributed by atoms with E-state index in [4.69, 9.17) is 16.1 Å². The molecule has 0 bridgehead atoms. The molecule has 4 heteroatoms. The highest BCUT2D eigenvalue weighted by Crippen LogP contribution is 2.26. The highest BCUT2D eigenvalue weighted by molar-refractivity contribution is 6.01. The summed E-state index contributed by atoms with van der Waals surface area (Å²) in [6.45, 7) is 0. The van der Waals surface area contributed by atoms with Crippen molar-refractivity contribution in [2.45, 2.75) is 0 Å². The molecule has 0 fully saturated rings. The molecular weight excluding hydrogens is 228 g/mol. The van der Waals surface area contributed by atoms with E-state index >= 15 is 0 Å². The maximum absolute atomic E-state index is 10.8. The smallest absolute Gasteiger partial charge is 0.346 e. The molecule has 0 aromatic heterocycles. The predicted octanol–water partition coefficient (Wildman–Crippen LogP) is 2.41. The van der Waals surface area contributed by atoms with Crippen LogP contribution in [0.2, 0.25) is 0 Å². The molecule has 2 aromatic rings. The van der Waals surface area contributed by atoms with E-state index in [0.717, 1.165) is 10.8 Å². The van der Waals surface area contributed by atoms with Crippen LogP contribution in [0.15, 0.2) is 42.0 Å². The zero-order valence-electron chi connectivity index (χ0n) is 9.42. The molecule has 0 spiro atoms. The number of benzene rings is 2. The summed E-state index contributed by atoms with van der Waals surface area (Å²) < 4.78 is 0. The van der Waals surface area contributed by atoms with Crippen LogP contribution < -0.4 is 5.73 Å². The first kappa shape index (κ1) is 11.7. The summed E-state index contributed by atoms with van der Waals surface area (Å²) in [6, 6.07) is 12.7. The van der Waals surface area contributed by atoms with Crippen molar-refractivity contribution in [2.24, 2.45) is 0 Å². The lowest BCUT2D eigenvalue weighted by Gasteiger charge is -2.05. The minimum Gasteiger partial charge on any atom is -0.477 e. The Labute approximate surface area is 104 Å². The third-order valence-electron chi connectivity index (χ3n) is 2.66. The van der Waals surface area contributed by atoms with Gasteiger partial charge in [0.25, 0.3) is 0 Å². The Kier molecular flexibility index (Phi) is 2.98. The van der Waals surface area contributed by atoms with E-state index in [1.54, 1.807) is 12.1 Å². The Morgan fingerprint density at radius 3 is 2.67 bits per heavy atom. The Balaban J connectivity index is 2.64. The molecular formula is C14H10N2O2. The summed E-state index contributed by atoms with van der Waals surface area (Å²) in [4.78, 5) is 10.8. The van der Waals surface area contributed by atoms with Crippen LogP contribution in [0.3, 0.4) is 0 Å². The first-order valence-corrected chi connectivity index (χ1v) is 5.26. The van der Waals surface area contributed by atoms with E-state index in [0.29, 0.717) is 11.3 Å². The fourth-order valence-corrected chi connectivity index (χ4v) is 1.74. The normalized spacial score (nSPS) is 11.2. The van der Waals surface area contributed by atoms with E-state index in [1.165, 1.54) is 6.08 Å². The monoisotopic (exact) mass is 238 g/mol. The van der Waals surface area contributed by atoms with Crippen molar-refractivity contribution >= 4 is 28.5 Å². The number of carbonyl (C=O) groups is 1. The maximum atomic E-state index is 10.8. The van der Waals surface area contributed by atoms with Crippen LogP contribution in [0.4, 0.5) is 5.69 Å². The van der Waals surface area contributed by atoms with E-state index in [2.05, 4.69) is 0 Å². The number of carboxylic acid groups (broad SMARTS) is 1. The molecule has 3 N–H and O–H groups in total. The Morgan fingerprint density at radius 1 is 1.28 bits per heavy atom. The predicted molar refractivity (Wildman–Crippen MR) is 69.6 cm³/mol. The van der Waals surface area contributed by atoms with Crippen molar-refractivity contribution in [3.63, 3.8) is 0 Å². The zero-order valence-corrected chi connectivity index (χ0v) is 9.42. The number of anilines is 1. The summed E-state index contributed by atoms with van der Waals surface area (Å²) in [6.07, 6.45) is 1.28. The molecule has 18 heavy (non-hydrogen) atoms. The number of fused-ring (bicyclic) bond motifs is 1. The summed E-state index contributed by atoms with van der Waals surface area (Å²) in [5.74, 6) is -1.26. The fourth-order valence-electron chi connectivity index (χ4n) is 1.74. The molecule has 4 nitrogen and oxygen atoms in total. The van der Waals surface area contributed by atoms with E-state index in [-0.39, 0.29) is 5.57 Å². The fraction of sp³-hybridized carbons (Fsp3) is 0. The van der Waals surface area contributed by atoms with Crippen molar-refractivity contribution in [3.05, 3.63) is 47.5 Å². The van der Waals surface area contributed by atoms with Gasteiger partial charge < -0.3 is 10.8 Å². The number of aliphatic carboxylic acids is 1. The number of hydrogen-bond donors (Lipinski definition) is 2. The van der Waals surface area contributed by atoms with Gasteiger partial charge in [-0.2, -0.15) is 5.26 Å². The van der Waals surface area contributed by atoms with Gasteiger partial charge in [0.1, 0.15) is 11.6 Å². The van der Waals surface area contributed by atoms with Gasteiger partial charge in [0, 0.05) is 11.1 Å². The molecule has 0 aliphatic carbocycles. The van der Waals surface area contributed by atoms with E-state index in [1.807, 2.05) is 30.3 Å². The molecule has 0 aliphatic heterocycles. The molecule has 0 saturated heterocycles. The number of nitrogens with two attached hydrogens (primary N) is 1. The van der Waals surface area contributed by atoms with Crippen LogP contribution in [-0.2, 0) is 4.79 Å². The lowest BCUT2D eigenvalue weighted by molar-refractivity contribution is -0.132. The SMILES string of the molecule is N#CC(=Cc1ccc2ccccc2c1N)C(=O)O. The molecule has 0 saturated carbocycles. The molecule has 0 aliphatic rings. The Morgan fingerprint density at radius 2 is 2.00 bits per heavy atom. The molecule has 0 amide bonds. The third-order valence-corrected chi connectivity index (χ3v) is 2.66. The minimum absolute atomic E-state index is 0.336. The van der Waals surface area contributed by atoms with Gasteiger partial charge in [0.05, 0.1) is 0 Å². The minimum atomic E-state index is -1.26. The number of nitrogen functional groups attached to an aromatic ring is 1. The Hall–Kier alpha value is -2.80. The number of nitrogens with zero attached hydrogens (tertiary/aromatic N) is 1. The molecule has 0 atom stereocenters. The van der Waals surface area contributed by atoms with E-state index in [9.17, 15) is 4.79 Å². The molecule has 0 unspecified atom stereocenters. The average Bonchev–Trinajstić information content (AvgIpc) is 2.38. The van der Waals surface area contributed by atoms with Gasteiger partial charge >= 0.3 is 5.97 Å². The Bertz CT molecular complexity index is 696. The molecule has 2 rings (SSSR count). The average molecular weight is 238 g/mol. The van der Waals surface area contributed by atoms with Crippen LogP contribution in [-0.4, -0.2) is 11.1 Å². The number of carboxylic acids is 1. The zero-order chi connectivity index (χ0) is 13.1. The quantitative estimate of drug-likeness (QED) is 0.477. The van der Waals surface area contributed by atoms with Gasteiger partial charge in [0.2, 0.25) is 0 Å². The number of hydrogen-bond acceptors (Lipinski definition) is 3. The molecule has 0 heterocycles. The second-order valence-corrected chi connectivity index (χ2v) is 3.76. The lowest BCUT2D eigenvalue weighted by Crippen LogP contribution is -1.99. The highest BCUT2D eigenvalue weighted by Gasteiger charge is 2.08. The molecule has 88 valence electrons. The summed E-state index contributed by atoms with van der Waals surface area (Å²) >= 11 is 0. The van der Waals surface area contributed by atoms with Crippen LogP contribution in [0.25, 0.3) is 16.8 Å². The number of rotatable bonds is 2. The maximum Gasteiger partial charge on any atom is 0.346 e. The lowest BCUT2D eigenvalue weighted by atomic mass is 10.0. The summed E-state index contributed by atoms with van der Waals surface area (Å²) in [5.41, 5.74) is 6.65. The van der Waals surface area contributed by atoms with Gasteiger partial charge in [0.15, 0.2) is 0 Å². The van der Waals surface area contributed by atoms with Gasteiger partial charge in [-0.3, -0.25) is 0 Å². The van der Waals surface area contributed by atoms with Crippen LogP contribution in [0.5, 0.6) is 0 Å². The van der Waals surface area contributed by atoms with Crippen molar-refractivity contribution in [1.29, 1.82) is 5.26 Å². The first-order chi connectivity index (χ1) is 8.63. The van der Waals surface area contributed by atoms with Gasteiger partial charge in [-0.25, -0.2) is 4.79 Å². The standard InChI is InChI=1S/C14H10N2O2/c15-8-11(14(17)18)7-10-6-5-9-3-1-2-4-12(9)13(10)16/h1-7H,16H2,(H,17,18). The topological polar surface area (TPSA) is 87.1 Å². The second kappa shape index (κ2) is 4.60. The number of nitriles is 1. The van der Waals surface area contributed by atoms with Gasteiger partial charge in [-0.1, -0.05) is 36.4 Å². The van der Waals surface area contributed by atoms with Crippen LogP contribution in [0, 0.1) is 11.3 Å². The third kappa shape index (κ3) is 2.02. The van der Waals surface area contributed by atoms with Crippen molar-refractivity contribution < 1.29 is 9.90 Å². The van der Waals surface area contributed by atoms with Gasteiger partial charge in [-0.05, 0) is 17.0 Å². The molecule has 2 aromatic carbocycles. The summed E-state index contributed by atoms with van der Waals surface area (Å²) in [7, 11) is 0. The van der Waals surface area contributed by atoms with E-state index < -0.39 is 5.97 Å².